The number of benzene rings is 2. The Balaban J connectivity index is 0.00000129. The van der Waals surface area contributed by atoms with Gasteiger partial charge in [0.2, 0.25) is 5.12 Å². The van der Waals surface area contributed by atoms with Gasteiger partial charge in [0, 0.05) is 17.7 Å². The lowest BCUT2D eigenvalue weighted by atomic mass is 10.0. The van der Waals surface area contributed by atoms with Crippen molar-refractivity contribution in [3.05, 3.63) is 114 Å². The third-order valence-corrected chi connectivity index (χ3v) is 5.50. The Kier molecular flexibility index (Phi) is 9.89. The van der Waals surface area contributed by atoms with Crippen molar-refractivity contribution >= 4 is 23.7 Å². The summed E-state index contributed by atoms with van der Waals surface area (Å²) in [5.74, 6) is -0.534. The smallest absolute Gasteiger partial charge is 0.255 e. The van der Waals surface area contributed by atoms with Gasteiger partial charge in [-0.05, 0) is 55.0 Å². The fourth-order valence-corrected chi connectivity index (χ4v) is 3.87. The number of thiol groups is 1. The third kappa shape index (κ3) is 6.26. The minimum atomic E-state index is -1.10. The van der Waals surface area contributed by atoms with E-state index < -0.39 is 17.0 Å². The molecule has 1 unspecified atom stereocenters. The molecule has 1 atom stereocenters. The molecule has 2 aromatic rings. The molecule has 0 radical (unpaired) electrons. The normalized spacial score (nSPS) is 14.3. The maximum atomic E-state index is 14.2. The van der Waals surface area contributed by atoms with Crippen LogP contribution in [0.1, 0.15) is 31.0 Å². The molecule has 1 aliphatic heterocycles. The Bertz CT molecular complexity index is 1130. The second-order valence-corrected chi connectivity index (χ2v) is 7.88. The Labute approximate surface area is 205 Å². The molecule has 0 saturated heterocycles. The van der Waals surface area contributed by atoms with Gasteiger partial charge in [-0.25, -0.2) is 4.39 Å². The van der Waals surface area contributed by atoms with E-state index in [0.717, 1.165) is 11.1 Å². The number of halogens is 1. The number of ether oxygens (including phenoxy) is 1. The molecule has 0 fully saturated rings. The lowest BCUT2D eigenvalue weighted by Gasteiger charge is -2.28. The zero-order valence-electron chi connectivity index (χ0n) is 19.3. The summed E-state index contributed by atoms with van der Waals surface area (Å²) in [4.78, 5) is 27.2. The van der Waals surface area contributed by atoms with Gasteiger partial charge < -0.3 is 15.4 Å². The molecule has 0 bridgehead atoms. The quantitative estimate of drug-likeness (QED) is 0.504. The molecule has 178 valence electrons. The fourth-order valence-electron chi connectivity index (χ4n) is 3.59. The van der Waals surface area contributed by atoms with Crippen LogP contribution < -0.4 is 10.5 Å². The van der Waals surface area contributed by atoms with Crippen LogP contribution in [0.15, 0.2) is 96.8 Å². The summed E-state index contributed by atoms with van der Waals surface area (Å²) >= 11 is 4.03. The van der Waals surface area contributed by atoms with E-state index in [1.165, 1.54) is 29.3 Å². The molecule has 2 aromatic carbocycles. The summed E-state index contributed by atoms with van der Waals surface area (Å²) in [5, 5.41) is -0.577. The SMILES string of the molecule is C=CC1=C(/C(C)=C\C)C(=O)N(C(C(=O)S)c2cc(F)ccc2OCc2ccccc2)C1.C=CN. The highest BCUT2D eigenvalue weighted by atomic mass is 32.1. The first-order valence-electron chi connectivity index (χ1n) is 10.6. The highest BCUT2D eigenvalue weighted by Crippen LogP contribution is 2.38. The Morgan fingerprint density at radius 3 is 2.47 bits per heavy atom. The zero-order chi connectivity index (χ0) is 25.3. The molecule has 0 saturated carbocycles. The molecule has 1 aliphatic rings. The van der Waals surface area contributed by atoms with E-state index in [-0.39, 0.29) is 24.6 Å². The highest BCUT2D eigenvalue weighted by Gasteiger charge is 2.39. The van der Waals surface area contributed by atoms with Gasteiger partial charge in [-0.2, -0.15) is 0 Å². The van der Waals surface area contributed by atoms with Crippen LogP contribution in [0.4, 0.5) is 4.39 Å². The number of amides is 1. The second-order valence-electron chi connectivity index (χ2n) is 7.44. The first kappa shape index (κ1) is 26.7. The van der Waals surface area contributed by atoms with Crippen molar-refractivity contribution in [2.45, 2.75) is 26.5 Å². The molecule has 1 amide bonds. The largest absolute Gasteiger partial charge is 0.489 e. The number of hydrogen-bond donors (Lipinski definition) is 2. The molecular formula is C27H29FN2O3S. The van der Waals surface area contributed by atoms with Gasteiger partial charge in [0.1, 0.15) is 24.2 Å². The van der Waals surface area contributed by atoms with Crippen LogP contribution in [-0.2, 0) is 16.2 Å². The lowest BCUT2D eigenvalue weighted by Crippen LogP contribution is -2.35. The monoisotopic (exact) mass is 480 g/mol. The topological polar surface area (TPSA) is 72.6 Å². The van der Waals surface area contributed by atoms with Crippen LogP contribution in [0.2, 0.25) is 0 Å². The highest BCUT2D eigenvalue weighted by molar-refractivity contribution is 7.96. The van der Waals surface area contributed by atoms with Gasteiger partial charge in [0.05, 0.1) is 0 Å². The van der Waals surface area contributed by atoms with E-state index >= 15 is 0 Å². The van der Waals surface area contributed by atoms with E-state index in [9.17, 15) is 14.0 Å². The molecule has 1 heterocycles. The van der Waals surface area contributed by atoms with Crippen LogP contribution in [-0.4, -0.2) is 22.5 Å². The predicted octanol–water partition coefficient (Wildman–Crippen LogP) is 5.28. The minimum Gasteiger partial charge on any atom is -0.489 e. The number of hydrogen-bond acceptors (Lipinski definition) is 4. The van der Waals surface area contributed by atoms with Crippen molar-refractivity contribution in [3.63, 3.8) is 0 Å². The summed E-state index contributed by atoms with van der Waals surface area (Å²) in [7, 11) is 0. The number of allylic oxidation sites excluding steroid dienone is 1. The predicted molar refractivity (Wildman–Crippen MR) is 137 cm³/mol. The Hall–Kier alpha value is -3.58. The van der Waals surface area contributed by atoms with Crippen LogP contribution in [0.5, 0.6) is 5.75 Å². The average Bonchev–Trinajstić information content (AvgIpc) is 3.15. The first-order valence-corrected chi connectivity index (χ1v) is 11.0. The number of carbonyl (C=O) groups excluding carboxylic acids is 2. The van der Waals surface area contributed by atoms with Crippen LogP contribution >= 0.6 is 12.6 Å². The molecule has 5 nitrogen and oxygen atoms in total. The zero-order valence-corrected chi connectivity index (χ0v) is 20.2. The van der Waals surface area contributed by atoms with E-state index in [1.807, 2.05) is 50.3 Å². The van der Waals surface area contributed by atoms with Gasteiger partial charge >= 0.3 is 0 Å². The Morgan fingerprint density at radius 1 is 1.26 bits per heavy atom. The van der Waals surface area contributed by atoms with E-state index in [4.69, 9.17) is 4.74 Å². The molecule has 0 aromatic heterocycles. The third-order valence-electron chi connectivity index (χ3n) is 5.26. The number of carbonyl (C=O) groups is 2. The van der Waals surface area contributed by atoms with Crippen LogP contribution in [0.3, 0.4) is 0 Å². The maximum absolute atomic E-state index is 14.2. The van der Waals surface area contributed by atoms with Crippen molar-refractivity contribution in [3.8, 4) is 5.75 Å². The molecule has 0 aliphatic carbocycles. The number of nitrogens with two attached hydrogens (primary N) is 1. The molecule has 3 rings (SSSR count). The second kappa shape index (κ2) is 12.6. The van der Waals surface area contributed by atoms with E-state index in [2.05, 4.69) is 31.5 Å². The van der Waals surface area contributed by atoms with Gasteiger partial charge in [-0.3, -0.25) is 9.59 Å². The molecule has 34 heavy (non-hydrogen) atoms. The number of nitrogens with zero attached hydrogens (tertiary/aromatic N) is 1. The van der Waals surface area contributed by atoms with Crippen molar-refractivity contribution < 1.29 is 18.7 Å². The first-order chi connectivity index (χ1) is 16.3. The maximum Gasteiger partial charge on any atom is 0.255 e. The van der Waals surface area contributed by atoms with Crippen molar-refractivity contribution in [1.82, 2.24) is 4.90 Å². The summed E-state index contributed by atoms with van der Waals surface area (Å²) in [5.41, 5.74) is 7.79. The van der Waals surface area contributed by atoms with E-state index in [1.54, 1.807) is 6.08 Å². The molecule has 7 heteroatoms. The Morgan fingerprint density at radius 2 is 1.91 bits per heavy atom. The lowest BCUT2D eigenvalue weighted by molar-refractivity contribution is -0.132. The van der Waals surface area contributed by atoms with Crippen LogP contribution in [0.25, 0.3) is 0 Å². The molecule has 2 N–H and O–H groups in total. The molecule has 0 spiro atoms. The van der Waals surface area contributed by atoms with Crippen molar-refractivity contribution in [2.75, 3.05) is 6.54 Å². The van der Waals surface area contributed by atoms with Crippen LogP contribution in [0, 0.1) is 5.82 Å². The summed E-state index contributed by atoms with van der Waals surface area (Å²) in [6.45, 7) is 11.0. The summed E-state index contributed by atoms with van der Waals surface area (Å²) < 4.78 is 20.1. The standard InChI is InChI=1S/C25H24FNO3S.C2H5N/c1-4-16(3)22-18(5-2)14-27(24(22)28)23(25(29)31)20-13-19(26)11-12-21(20)30-15-17-9-7-6-8-10-17;1-2-3/h4-13,23H,2,14-15H2,1,3H3,(H,29,31);2H,1,3H2/b16-4-;. The van der Waals surface area contributed by atoms with Crippen molar-refractivity contribution in [1.29, 1.82) is 0 Å². The van der Waals surface area contributed by atoms with Gasteiger partial charge in [0.15, 0.2) is 0 Å². The summed E-state index contributed by atoms with van der Waals surface area (Å²) in [6.07, 6.45) is 4.69. The summed E-state index contributed by atoms with van der Waals surface area (Å²) in [6, 6.07) is 12.3. The molecular weight excluding hydrogens is 451 g/mol. The van der Waals surface area contributed by atoms with Gasteiger partial charge in [-0.15, -0.1) is 12.6 Å². The van der Waals surface area contributed by atoms with Gasteiger partial charge in [0.25, 0.3) is 5.91 Å². The van der Waals surface area contributed by atoms with E-state index in [0.29, 0.717) is 16.9 Å². The minimum absolute atomic E-state index is 0.175. The van der Waals surface area contributed by atoms with Crippen molar-refractivity contribution in [2.24, 2.45) is 5.73 Å². The average molecular weight is 481 g/mol. The fraction of sp³-hybridized carbons (Fsp3) is 0.185. The van der Waals surface area contributed by atoms with Gasteiger partial charge in [-0.1, -0.05) is 55.6 Å². The number of rotatable bonds is 8.